The van der Waals surface area contributed by atoms with Gasteiger partial charge < -0.3 is 34.4 Å². The first-order valence-corrected chi connectivity index (χ1v) is 12.7. The highest BCUT2D eigenvalue weighted by molar-refractivity contribution is 5.90. The first-order valence-electron chi connectivity index (χ1n) is 12.7. The number of aliphatic carboxylic acids is 1. The number of likely N-dealkylation sites (N-methyl/N-ethyl adjacent to an activating group) is 1. The first-order chi connectivity index (χ1) is 17.9. The Morgan fingerprint density at radius 1 is 1.24 bits per heavy atom. The largest absolute Gasteiger partial charge is 0.504 e. The van der Waals surface area contributed by atoms with Gasteiger partial charge in [-0.3, -0.25) is 19.2 Å². The molecule has 11 heteroatoms. The van der Waals surface area contributed by atoms with E-state index in [4.69, 9.17) is 14.2 Å². The molecule has 0 saturated carbocycles. The van der Waals surface area contributed by atoms with Crippen LogP contribution in [0.15, 0.2) is 24.0 Å². The molecule has 1 saturated heterocycles. The van der Waals surface area contributed by atoms with Crippen molar-refractivity contribution in [2.75, 3.05) is 13.6 Å². The van der Waals surface area contributed by atoms with Gasteiger partial charge in [-0.1, -0.05) is 6.07 Å². The average Bonchev–Trinajstić information content (AvgIpc) is 3.19. The van der Waals surface area contributed by atoms with E-state index in [0.717, 1.165) is 18.1 Å². The molecule has 38 heavy (non-hydrogen) atoms. The van der Waals surface area contributed by atoms with E-state index in [1.165, 1.54) is 6.92 Å². The number of ketones is 1. The number of carboxylic acids is 1. The molecule has 0 radical (unpaired) electrons. The highest BCUT2D eigenvalue weighted by atomic mass is 16.6. The molecule has 1 spiro atoms. The van der Waals surface area contributed by atoms with Gasteiger partial charge in [0.05, 0.1) is 23.4 Å². The summed E-state index contributed by atoms with van der Waals surface area (Å²) in [6.07, 6.45) is -0.436. The Labute approximate surface area is 219 Å². The van der Waals surface area contributed by atoms with Crippen molar-refractivity contribution in [3.05, 3.63) is 35.1 Å². The molecule has 1 fully saturated rings. The number of nitrogens with zero attached hydrogens (tertiary/aromatic N) is 1. The van der Waals surface area contributed by atoms with Crippen LogP contribution in [0.2, 0.25) is 0 Å². The zero-order valence-corrected chi connectivity index (χ0v) is 21.4. The maximum Gasteiger partial charge on any atom is 0.315 e. The Balaban J connectivity index is 1.46. The van der Waals surface area contributed by atoms with Gasteiger partial charge in [0.15, 0.2) is 29.5 Å². The Morgan fingerprint density at radius 2 is 1.97 bits per heavy atom. The Kier molecular flexibility index (Phi) is 6.26. The monoisotopic (exact) mass is 529 g/mol. The number of likely N-dealkylation sites (tertiary alicyclic amines) is 1. The number of hydrogen-bond donors (Lipinski definition) is 3. The summed E-state index contributed by atoms with van der Waals surface area (Å²) in [5.41, 5.74) is -0.549. The number of carboxylic acid groups (broad SMARTS) is 1. The van der Waals surface area contributed by atoms with Crippen molar-refractivity contribution >= 4 is 23.7 Å². The van der Waals surface area contributed by atoms with Crippen LogP contribution in [0.3, 0.4) is 0 Å². The van der Waals surface area contributed by atoms with Gasteiger partial charge in [-0.25, -0.2) is 0 Å². The summed E-state index contributed by atoms with van der Waals surface area (Å²) in [5, 5.41) is 32.2. The zero-order chi connectivity index (χ0) is 27.6. The van der Waals surface area contributed by atoms with Gasteiger partial charge in [0.1, 0.15) is 5.76 Å². The molecule has 2 bridgehead atoms. The number of rotatable bonds is 8. The summed E-state index contributed by atoms with van der Waals surface area (Å²) in [6.45, 7) is 3.14. The Hall–Kier alpha value is -3.44. The fourth-order valence-corrected chi connectivity index (χ4v) is 6.81. The molecule has 5 rings (SSSR count). The van der Waals surface area contributed by atoms with Crippen LogP contribution in [0.5, 0.6) is 11.5 Å². The lowest BCUT2D eigenvalue weighted by atomic mass is 9.50. The van der Waals surface area contributed by atoms with E-state index in [9.17, 15) is 34.5 Å². The molecule has 204 valence electrons. The second kappa shape index (κ2) is 9.09. The smallest absolute Gasteiger partial charge is 0.315 e. The van der Waals surface area contributed by atoms with Crippen LogP contribution in [-0.2, 0) is 40.5 Å². The maximum absolute atomic E-state index is 13.3. The average molecular weight is 530 g/mol. The van der Waals surface area contributed by atoms with Crippen LogP contribution in [0.4, 0.5) is 0 Å². The molecule has 1 aromatic carbocycles. The molecule has 3 N–H and O–H groups in total. The predicted octanol–water partition coefficient (Wildman–Crippen LogP) is 1.21. The van der Waals surface area contributed by atoms with Gasteiger partial charge in [-0.2, -0.15) is 0 Å². The number of benzene rings is 1. The van der Waals surface area contributed by atoms with Crippen molar-refractivity contribution in [2.24, 2.45) is 5.92 Å². The van der Waals surface area contributed by atoms with Crippen LogP contribution in [0, 0.1) is 5.92 Å². The fourth-order valence-electron chi connectivity index (χ4n) is 6.81. The molecule has 2 unspecified atom stereocenters. The number of carbonyl (C=O) groups excluding carboxylic acids is 3. The van der Waals surface area contributed by atoms with E-state index >= 15 is 0 Å². The van der Waals surface area contributed by atoms with E-state index in [1.54, 1.807) is 12.1 Å². The van der Waals surface area contributed by atoms with Crippen molar-refractivity contribution < 1.29 is 48.7 Å². The van der Waals surface area contributed by atoms with Gasteiger partial charge in [0, 0.05) is 31.4 Å². The second-order valence-corrected chi connectivity index (χ2v) is 10.7. The van der Waals surface area contributed by atoms with E-state index < -0.39 is 65.7 Å². The van der Waals surface area contributed by atoms with Crippen LogP contribution < -0.4 is 4.74 Å². The van der Waals surface area contributed by atoms with Crippen molar-refractivity contribution in [3.8, 4) is 11.5 Å². The van der Waals surface area contributed by atoms with Crippen LogP contribution in [0.25, 0.3) is 0 Å². The molecule has 4 aliphatic rings. The number of piperidine rings is 1. The summed E-state index contributed by atoms with van der Waals surface area (Å²) in [7, 11) is 1.95. The normalized spacial score (nSPS) is 30.3. The fraction of sp³-hybridized carbons (Fsp3) is 0.556. The molecule has 1 aromatic rings. The van der Waals surface area contributed by atoms with E-state index in [1.807, 2.05) is 13.1 Å². The van der Waals surface area contributed by atoms with Crippen LogP contribution >= 0.6 is 0 Å². The third-order valence-corrected chi connectivity index (χ3v) is 8.57. The topological polar surface area (TPSA) is 160 Å². The summed E-state index contributed by atoms with van der Waals surface area (Å²) in [4.78, 5) is 50.6. The van der Waals surface area contributed by atoms with Gasteiger partial charge >= 0.3 is 17.9 Å². The number of phenolic OH excluding ortho intramolecular Hbond substituents is 1. The highest BCUT2D eigenvalue weighted by Crippen LogP contribution is 2.65. The molecule has 6 atom stereocenters. The minimum atomic E-state index is -1.33. The van der Waals surface area contributed by atoms with Crippen molar-refractivity contribution in [3.63, 3.8) is 0 Å². The third kappa shape index (κ3) is 3.79. The Morgan fingerprint density at radius 3 is 2.66 bits per heavy atom. The van der Waals surface area contributed by atoms with Gasteiger partial charge in [0.25, 0.3) is 0 Å². The second-order valence-electron chi connectivity index (χ2n) is 10.7. The van der Waals surface area contributed by atoms with E-state index in [0.29, 0.717) is 19.4 Å². The van der Waals surface area contributed by atoms with Gasteiger partial charge in [-0.05, 0) is 51.1 Å². The number of aromatic hydroxyl groups is 1. The number of esters is 2. The third-order valence-electron chi connectivity index (χ3n) is 8.57. The summed E-state index contributed by atoms with van der Waals surface area (Å²) in [5.74, 6) is -4.56. The first kappa shape index (κ1) is 26.2. The molecule has 0 amide bonds. The standard InChI is InChI=1S/C27H31NO10/c1-13(36-14(2)29)18(31)10-16(12-21(32)33)25(34)37-19-6-7-27(35)20-11-15-4-5-17(30)23-22(15)26(27,24(19)38-23)8-9-28(20)3/h4-6,13,16,20,24,30,35H,7-12H2,1-3H3,(H,32,33)/t13?,16?,20-,24+,26+,27-/m1/s1. The molecule has 2 heterocycles. The summed E-state index contributed by atoms with van der Waals surface area (Å²) >= 11 is 0. The van der Waals surface area contributed by atoms with Crippen LogP contribution in [-0.4, -0.2) is 81.4 Å². The molecule has 11 nitrogen and oxygen atoms in total. The minimum absolute atomic E-state index is 0.0771. The molecular weight excluding hydrogens is 498 g/mol. The van der Waals surface area contributed by atoms with E-state index in [2.05, 4.69) is 4.90 Å². The lowest BCUT2D eigenvalue weighted by Gasteiger charge is -2.61. The molecular formula is C27H31NO10. The summed E-state index contributed by atoms with van der Waals surface area (Å²) in [6, 6.07) is 3.16. The van der Waals surface area contributed by atoms with Crippen molar-refractivity contribution in [2.45, 2.75) is 75.2 Å². The quantitative estimate of drug-likeness (QED) is 0.415. The SMILES string of the molecule is CC(=O)OC(C)C(=O)CC(CC(=O)O)C(=O)OC1=CC[C@@]2(O)[C@H]3Cc4ccc(O)c5c4[C@@]2(CCN3C)[C@H]1O5. The van der Waals surface area contributed by atoms with E-state index in [-0.39, 0.29) is 29.7 Å². The van der Waals surface area contributed by atoms with Gasteiger partial charge in [-0.15, -0.1) is 0 Å². The predicted molar refractivity (Wildman–Crippen MR) is 129 cm³/mol. The summed E-state index contributed by atoms with van der Waals surface area (Å²) < 4.78 is 16.8. The Bertz CT molecular complexity index is 1260. The number of aliphatic hydroxyl groups is 1. The van der Waals surface area contributed by atoms with Crippen molar-refractivity contribution in [1.29, 1.82) is 0 Å². The van der Waals surface area contributed by atoms with Gasteiger partial charge in [0.2, 0.25) is 0 Å². The molecule has 0 aromatic heterocycles. The minimum Gasteiger partial charge on any atom is -0.504 e. The lowest BCUT2D eigenvalue weighted by Crippen LogP contribution is -2.74. The van der Waals surface area contributed by atoms with Crippen molar-refractivity contribution in [1.82, 2.24) is 4.90 Å². The number of Topliss-reactive ketones (excluding diaryl/α,β-unsaturated/α-hetero) is 1. The number of carbonyl (C=O) groups is 4. The highest BCUT2D eigenvalue weighted by Gasteiger charge is 2.72. The zero-order valence-electron chi connectivity index (χ0n) is 21.4. The number of hydrogen-bond acceptors (Lipinski definition) is 10. The van der Waals surface area contributed by atoms with Crippen LogP contribution in [0.1, 0.15) is 50.7 Å². The number of phenols is 1. The lowest BCUT2D eigenvalue weighted by molar-refractivity contribution is -0.171. The maximum atomic E-state index is 13.3. The molecule has 2 aliphatic carbocycles. The molecule has 2 aliphatic heterocycles. The number of ether oxygens (including phenoxy) is 3.